The molecule has 0 atom stereocenters. The van der Waals surface area contributed by atoms with Crippen molar-refractivity contribution in [2.75, 3.05) is 13.7 Å². The van der Waals surface area contributed by atoms with E-state index in [0.717, 1.165) is 12.8 Å². The number of ether oxygens (including phenoxy) is 1. The smallest absolute Gasteiger partial charge is 0.0821 e. The molecule has 3 heteroatoms. The van der Waals surface area contributed by atoms with Gasteiger partial charge in [0.15, 0.2) is 0 Å². The molecule has 13 heavy (non-hydrogen) atoms. The summed E-state index contributed by atoms with van der Waals surface area (Å²) in [5.74, 6) is 0. The first-order valence-corrected chi connectivity index (χ1v) is 4.85. The fourth-order valence-electron chi connectivity index (χ4n) is 1.53. The van der Waals surface area contributed by atoms with Gasteiger partial charge in [-0.25, -0.2) is 0 Å². The Morgan fingerprint density at radius 2 is 2.00 bits per heavy atom. The summed E-state index contributed by atoms with van der Waals surface area (Å²) < 4.78 is 5.13. The summed E-state index contributed by atoms with van der Waals surface area (Å²) in [5, 5.41) is 13.2. The first-order valence-electron chi connectivity index (χ1n) is 4.85. The van der Waals surface area contributed by atoms with Gasteiger partial charge >= 0.3 is 0 Å². The lowest BCUT2D eigenvalue weighted by Gasteiger charge is -2.44. The molecule has 1 aliphatic rings. The van der Waals surface area contributed by atoms with Gasteiger partial charge < -0.3 is 15.2 Å². The zero-order chi connectivity index (χ0) is 10.1. The van der Waals surface area contributed by atoms with Crippen molar-refractivity contribution in [3.63, 3.8) is 0 Å². The van der Waals surface area contributed by atoms with Crippen LogP contribution in [0.3, 0.4) is 0 Å². The third kappa shape index (κ3) is 3.25. The third-order valence-corrected chi connectivity index (χ3v) is 2.50. The van der Waals surface area contributed by atoms with E-state index in [4.69, 9.17) is 4.74 Å². The first kappa shape index (κ1) is 11.0. The second kappa shape index (κ2) is 3.56. The number of aliphatic hydroxyl groups is 1. The fraction of sp³-hybridized carbons (Fsp3) is 1.00. The Bertz CT molecular complexity index is 168. The van der Waals surface area contributed by atoms with Crippen molar-refractivity contribution in [3.05, 3.63) is 0 Å². The molecule has 0 spiro atoms. The van der Waals surface area contributed by atoms with E-state index in [1.807, 2.05) is 0 Å². The van der Waals surface area contributed by atoms with Crippen LogP contribution in [0.25, 0.3) is 0 Å². The van der Waals surface area contributed by atoms with Crippen LogP contribution < -0.4 is 5.32 Å². The molecule has 0 heterocycles. The highest BCUT2D eigenvalue weighted by atomic mass is 16.5. The first-order chi connectivity index (χ1) is 5.85. The van der Waals surface area contributed by atoms with Gasteiger partial charge in [-0.2, -0.15) is 0 Å². The predicted molar refractivity (Wildman–Crippen MR) is 52.7 cm³/mol. The normalized spacial score (nSPS) is 34.4. The van der Waals surface area contributed by atoms with Gasteiger partial charge in [-0.05, 0) is 20.8 Å². The van der Waals surface area contributed by atoms with E-state index < -0.39 is 5.60 Å². The average Bonchev–Trinajstić information content (AvgIpc) is 1.94. The number of β-amino-alcohol motifs (C(OH)–C–C–N with tert-alkyl or cyclic N) is 1. The molecule has 0 saturated heterocycles. The van der Waals surface area contributed by atoms with E-state index in [-0.39, 0.29) is 11.6 Å². The van der Waals surface area contributed by atoms with Crippen molar-refractivity contribution in [3.8, 4) is 0 Å². The van der Waals surface area contributed by atoms with Crippen LogP contribution in [0.15, 0.2) is 0 Å². The Balaban J connectivity index is 2.23. The van der Waals surface area contributed by atoms with Gasteiger partial charge in [-0.3, -0.25) is 0 Å². The van der Waals surface area contributed by atoms with Crippen molar-refractivity contribution < 1.29 is 9.84 Å². The minimum absolute atomic E-state index is 0.0773. The molecule has 0 aromatic heterocycles. The van der Waals surface area contributed by atoms with Crippen molar-refractivity contribution >= 4 is 0 Å². The van der Waals surface area contributed by atoms with Gasteiger partial charge in [-0.15, -0.1) is 0 Å². The molecule has 2 N–H and O–H groups in total. The van der Waals surface area contributed by atoms with Crippen molar-refractivity contribution in [2.45, 2.75) is 50.9 Å². The van der Waals surface area contributed by atoms with Gasteiger partial charge in [0.05, 0.1) is 11.7 Å². The average molecular weight is 187 g/mol. The molecule has 1 fully saturated rings. The van der Waals surface area contributed by atoms with Gasteiger partial charge in [0.25, 0.3) is 0 Å². The van der Waals surface area contributed by atoms with E-state index >= 15 is 0 Å². The monoisotopic (exact) mass is 187 g/mol. The number of hydrogen-bond acceptors (Lipinski definition) is 3. The highest BCUT2D eigenvalue weighted by molar-refractivity contribution is 4.97. The standard InChI is InChI=1S/C10H21NO2/c1-9(2,3)11-7-10(12)5-8(6-10)13-4/h8,11-12H,5-7H2,1-4H3. The molecule has 0 unspecified atom stereocenters. The van der Waals surface area contributed by atoms with E-state index in [0.29, 0.717) is 6.54 Å². The molecular weight excluding hydrogens is 166 g/mol. The van der Waals surface area contributed by atoms with E-state index in [2.05, 4.69) is 26.1 Å². The van der Waals surface area contributed by atoms with Crippen LogP contribution in [0.2, 0.25) is 0 Å². The minimum atomic E-state index is -0.534. The predicted octanol–water partition coefficient (Wildman–Crippen LogP) is 0.914. The molecule has 0 radical (unpaired) electrons. The number of rotatable bonds is 3. The van der Waals surface area contributed by atoms with Crippen LogP contribution in [-0.2, 0) is 4.74 Å². The van der Waals surface area contributed by atoms with Crippen LogP contribution in [0.5, 0.6) is 0 Å². The van der Waals surface area contributed by atoms with Crippen LogP contribution in [-0.4, -0.2) is 36.0 Å². The van der Waals surface area contributed by atoms with Crippen molar-refractivity contribution in [1.29, 1.82) is 0 Å². The number of hydrogen-bond donors (Lipinski definition) is 2. The summed E-state index contributed by atoms with van der Waals surface area (Å²) in [6.45, 7) is 6.96. The zero-order valence-electron chi connectivity index (χ0n) is 9.05. The van der Waals surface area contributed by atoms with E-state index in [1.54, 1.807) is 7.11 Å². The van der Waals surface area contributed by atoms with Gasteiger partial charge in [0.2, 0.25) is 0 Å². The quantitative estimate of drug-likeness (QED) is 0.690. The molecule has 0 aliphatic heterocycles. The molecule has 1 saturated carbocycles. The second-order valence-electron chi connectivity index (χ2n) is 5.09. The highest BCUT2D eigenvalue weighted by Gasteiger charge is 2.42. The Hall–Kier alpha value is -0.120. The molecule has 0 bridgehead atoms. The van der Waals surface area contributed by atoms with Gasteiger partial charge in [-0.1, -0.05) is 0 Å². The molecule has 0 aromatic rings. The van der Waals surface area contributed by atoms with E-state index in [9.17, 15) is 5.11 Å². The molecule has 0 aromatic carbocycles. The largest absolute Gasteiger partial charge is 0.388 e. The zero-order valence-corrected chi connectivity index (χ0v) is 9.05. The highest BCUT2D eigenvalue weighted by Crippen LogP contribution is 2.33. The Kier molecular flexibility index (Phi) is 3.00. The van der Waals surface area contributed by atoms with Crippen molar-refractivity contribution in [1.82, 2.24) is 5.32 Å². The van der Waals surface area contributed by atoms with Crippen LogP contribution in [0.1, 0.15) is 33.6 Å². The SMILES string of the molecule is COC1CC(O)(CNC(C)(C)C)C1. The van der Waals surface area contributed by atoms with Gasteiger partial charge in [0, 0.05) is 32.0 Å². The summed E-state index contributed by atoms with van der Waals surface area (Å²) >= 11 is 0. The lowest BCUT2D eigenvalue weighted by atomic mass is 9.77. The molecule has 1 rings (SSSR count). The fourth-order valence-corrected chi connectivity index (χ4v) is 1.53. The topological polar surface area (TPSA) is 41.5 Å². The molecule has 1 aliphatic carbocycles. The summed E-state index contributed by atoms with van der Waals surface area (Å²) in [6.07, 6.45) is 1.77. The van der Waals surface area contributed by atoms with Gasteiger partial charge in [0.1, 0.15) is 0 Å². The Labute approximate surface area is 80.5 Å². The lowest BCUT2D eigenvalue weighted by molar-refractivity contribution is -0.126. The van der Waals surface area contributed by atoms with E-state index in [1.165, 1.54) is 0 Å². The molecule has 78 valence electrons. The third-order valence-electron chi connectivity index (χ3n) is 2.50. The summed E-state index contributed by atoms with van der Waals surface area (Å²) in [6, 6.07) is 0. The van der Waals surface area contributed by atoms with Crippen LogP contribution >= 0.6 is 0 Å². The molecular formula is C10H21NO2. The maximum Gasteiger partial charge on any atom is 0.0821 e. The molecule has 3 nitrogen and oxygen atoms in total. The van der Waals surface area contributed by atoms with Crippen LogP contribution in [0.4, 0.5) is 0 Å². The number of methoxy groups -OCH3 is 1. The summed E-state index contributed by atoms with van der Waals surface area (Å²) in [7, 11) is 1.70. The minimum Gasteiger partial charge on any atom is -0.388 e. The summed E-state index contributed by atoms with van der Waals surface area (Å²) in [4.78, 5) is 0. The van der Waals surface area contributed by atoms with Crippen LogP contribution in [0, 0.1) is 0 Å². The maximum atomic E-state index is 9.93. The summed E-state index contributed by atoms with van der Waals surface area (Å²) in [5.41, 5.74) is -0.457. The van der Waals surface area contributed by atoms with Crippen molar-refractivity contribution in [2.24, 2.45) is 0 Å². The number of nitrogens with one attached hydrogen (secondary N) is 1. The second-order valence-corrected chi connectivity index (χ2v) is 5.09. The Morgan fingerprint density at radius 3 is 2.38 bits per heavy atom. The molecule has 0 amide bonds. The Morgan fingerprint density at radius 1 is 1.46 bits per heavy atom. The lowest BCUT2D eigenvalue weighted by Crippen LogP contribution is -2.56. The maximum absolute atomic E-state index is 9.93.